The van der Waals surface area contributed by atoms with Crippen LogP contribution in [0.25, 0.3) is 0 Å². The van der Waals surface area contributed by atoms with Crippen LogP contribution in [0.3, 0.4) is 0 Å². The van der Waals surface area contributed by atoms with Gasteiger partial charge in [-0.1, -0.05) is 28.1 Å². The number of hydrogen-bond acceptors (Lipinski definition) is 3. The zero-order valence-electron chi connectivity index (χ0n) is 10.1. The van der Waals surface area contributed by atoms with E-state index in [4.69, 9.17) is 22.7 Å². The average Bonchev–Trinajstić information content (AvgIpc) is 2.28. The fourth-order valence-electron chi connectivity index (χ4n) is 1.50. The summed E-state index contributed by atoms with van der Waals surface area (Å²) in [5.74, 6) is 0. The van der Waals surface area contributed by atoms with Crippen LogP contribution in [0.15, 0.2) is 22.7 Å². The molecule has 1 rings (SSSR count). The summed E-state index contributed by atoms with van der Waals surface area (Å²) in [6, 6.07) is 5.88. The van der Waals surface area contributed by atoms with E-state index in [0.717, 1.165) is 28.9 Å². The lowest BCUT2D eigenvalue weighted by molar-refractivity contribution is 0.154. The molecule has 3 nitrogen and oxygen atoms in total. The van der Waals surface area contributed by atoms with Gasteiger partial charge in [0.05, 0.1) is 6.61 Å². The highest BCUT2D eigenvalue weighted by atomic mass is 79.9. The molecule has 0 unspecified atom stereocenters. The molecule has 0 radical (unpaired) electrons. The van der Waals surface area contributed by atoms with E-state index in [2.05, 4.69) is 20.8 Å². The zero-order valence-corrected chi connectivity index (χ0v) is 12.5. The lowest BCUT2D eigenvalue weighted by Gasteiger charge is -2.22. The molecule has 0 bridgehead atoms. The lowest BCUT2D eigenvalue weighted by Crippen LogP contribution is -2.25. The summed E-state index contributed by atoms with van der Waals surface area (Å²) in [6.45, 7) is 4.21. The number of halogens is 1. The largest absolute Gasteiger partial charge is 0.389 e. The Morgan fingerprint density at radius 1 is 1.53 bits per heavy atom. The van der Waals surface area contributed by atoms with Gasteiger partial charge in [0, 0.05) is 35.9 Å². The van der Waals surface area contributed by atoms with Crippen molar-refractivity contribution in [3.8, 4) is 0 Å². The van der Waals surface area contributed by atoms with Crippen molar-refractivity contribution in [2.75, 3.05) is 31.7 Å². The van der Waals surface area contributed by atoms with Gasteiger partial charge < -0.3 is 15.4 Å². The van der Waals surface area contributed by atoms with Gasteiger partial charge in [-0.25, -0.2) is 0 Å². The van der Waals surface area contributed by atoms with E-state index in [0.29, 0.717) is 11.6 Å². The van der Waals surface area contributed by atoms with Crippen LogP contribution in [0.5, 0.6) is 0 Å². The number of likely N-dealkylation sites (N-methyl/N-ethyl adjacent to an activating group) is 1. The maximum Gasteiger partial charge on any atom is 0.106 e. The van der Waals surface area contributed by atoms with Crippen LogP contribution in [-0.2, 0) is 4.74 Å². The van der Waals surface area contributed by atoms with Crippen molar-refractivity contribution in [3.05, 3.63) is 28.2 Å². The van der Waals surface area contributed by atoms with Gasteiger partial charge in [0.2, 0.25) is 0 Å². The third kappa shape index (κ3) is 4.26. The Hall–Kier alpha value is -0.650. The van der Waals surface area contributed by atoms with Crippen LogP contribution in [0, 0.1) is 0 Å². The van der Waals surface area contributed by atoms with Crippen molar-refractivity contribution >= 4 is 38.8 Å². The Bertz CT molecular complexity index is 398. The molecule has 1 aromatic carbocycles. The second-order valence-corrected chi connectivity index (χ2v) is 5.00. The number of benzene rings is 1. The SMILES string of the molecule is CCOCCN(C)c1cc(Br)ccc1C(N)=S. The van der Waals surface area contributed by atoms with Crippen LogP contribution in [0.4, 0.5) is 5.69 Å². The molecule has 5 heteroatoms. The quantitative estimate of drug-likeness (QED) is 0.646. The van der Waals surface area contributed by atoms with Gasteiger partial charge >= 0.3 is 0 Å². The average molecular weight is 317 g/mol. The van der Waals surface area contributed by atoms with Gasteiger partial charge in [-0.3, -0.25) is 0 Å². The number of anilines is 1. The third-order valence-corrected chi connectivity index (χ3v) is 3.12. The maximum absolute atomic E-state index is 5.72. The zero-order chi connectivity index (χ0) is 12.8. The minimum absolute atomic E-state index is 0.413. The van der Waals surface area contributed by atoms with Gasteiger partial charge in [0.25, 0.3) is 0 Å². The standard InChI is InChI=1S/C12H17BrN2OS/c1-3-16-7-6-15(2)11-8-9(13)4-5-10(11)12(14)17/h4-5,8H,3,6-7H2,1-2H3,(H2,14,17). The van der Waals surface area contributed by atoms with E-state index in [1.807, 2.05) is 32.2 Å². The van der Waals surface area contributed by atoms with Crippen molar-refractivity contribution in [2.45, 2.75) is 6.92 Å². The molecule has 0 spiro atoms. The lowest BCUT2D eigenvalue weighted by atomic mass is 10.1. The van der Waals surface area contributed by atoms with E-state index in [1.54, 1.807) is 0 Å². The molecular formula is C12H17BrN2OS. The summed E-state index contributed by atoms with van der Waals surface area (Å²) >= 11 is 8.51. The van der Waals surface area contributed by atoms with Gasteiger partial charge in [-0.2, -0.15) is 0 Å². The highest BCUT2D eigenvalue weighted by molar-refractivity contribution is 9.10. The molecule has 0 heterocycles. The van der Waals surface area contributed by atoms with Crippen molar-refractivity contribution in [3.63, 3.8) is 0 Å². The van der Waals surface area contributed by atoms with Crippen molar-refractivity contribution in [2.24, 2.45) is 5.73 Å². The summed E-state index contributed by atoms with van der Waals surface area (Å²) in [5.41, 5.74) is 7.63. The number of rotatable bonds is 6. The van der Waals surface area contributed by atoms with Gasteiger partial charge in [0.15, 0.2) is 0 Å². The molecule has 0 aromatic heterocycles. The molecule has 0 aliphatic rings. The number of ether oxygens (including phenoxy) is 1. The first-order chi connectivity index (χ1) is 8.06. The predicted molar refractivity (Wildman–Crippen MR) is 79.8 cm³/mol. The van der Waals surface area contributed by atoms with Crippen LogP contribution < -0.4 is 10.6 Å². The summed E-state index contributed by atoms with van der Waals surface area (Å²) in [5, 5.41) is 0. The minimum atomic E-state index is 0.413. The van der Waals surface area contributed by atoms with Crippen molar-refractivity contribution in [1.82, 2.24) is 0 Å². The molecule has 0 aliphatic heterocycles. The molecule has 0 fully saturated rings. The first-order valence-electron chi connectivity index (χ1n) is 5.44. The first kappa shape index (κ1) is 14.4. The summed E-state index contributed by atoms with van der Waals surface area (Å²) < 4.78 is 6.35. The molecule has 94 valence electrons. The highest BCUT2D eigenvalue weighted by Gasteiger charge is 2.10. The van der Waals surface area contributed by atoms with E-state index < -0.39 is 0 Å². The summed E-state index contributed by atoms with van der Waals surface area (Å²) in [4.78, 5) is 2.50. The molecule has 0 atom stereocenters. The Morgan fingerprint density at radius 2 is 2.24 bits per heavy atom. The molecular weight excluding hydrogens is 300 g/mol. The summed E-state index contributed by atoms with van der Waals surface area (Å²) in [7, 11) is 2.00. The Kier molecular flexibility index (Phi) is 5.88. The molecule has 0 saturated heterocycles. The van der Waals surface area contributed by atoms with Gasteiger partial charge in [-0.15, -0.1) is 0 Å². The maximum atomic E-state index is 5.72. The summed E-state index contributed by atoms with van der Waals surface area (Å²) in [6.07, 6.45) is 0. The molecule has 17 heavy (non-hydrogen) atoms. The molecule has 2 N–H and O–H groups in total. The number of hydrogen-bond donors (Lipinski definition) is 1. The van der Waals surface area contributed by atoms with E-state index >= 15 is 0 Å². The second-order valence-electron chi connectivity index (χ2n) is 3.64. The third-order valence-electron chi connectivity index (χ3n) is 2.41. The topological polar surface area (TPSA) is 38.5 Å². The second kappa shape index (κ2) is 6.93. The van der Waals surface area contributed by atoms with E-state index in [1.165, 1.54) is 0 Å². The fourth-order valence-corrected chi connectivity index (χ4v) is 2.02. The normalized spacial score (nSPS) is 10.3. The monoisotopic (exact) mass is 316 g/mol. The Balaban J connectivity index is 2.86. The predicted octanol–water partition coefficient (Wildman–Crippen LogP) is 2.56. The Labute approximate surface area is 116 Å². The molecule has 1 aromatic rings. The van der Waals surface area contributed by atoms with E-state index in [9.17, 15) is 0 Å². The minimum Gasteiger partial charge on any atom is -0.389 e. The Morgan fingerprint density at radius 3 is 2.82 bits per heavy atom. The van der Waals surface area contributed by atoms with Gasteiger partial charge in [-0.05, 0) is 25.1 Å². The van der Waals surface area contributed by atoms with Crippen molar-refractivity contribution < 1.29 is 4.74 Å². The first-order valence-corrected chi connectivity index (χ1v) is 6.64. The molecule has 0 amide bonds. The van der Waals surface area contributed by atoms with Crippen molar-refractivity contribution in [1.29, 1.82) is 0 Å². The fraction of sp³-hybridized carbons (Fsp3) is 0.417. The van der Waals surface area contributed by atoms with Gasteiger partial charge in [0.1, 0.15) is 4.99 Å². The smallest absolute Gasteiger partial charge is 0.106 e. The number of nitrogens with zero attached hydrogens (tertiary/aromatic N) is 1. The number of nitrogens with two attached hydrogens (primary N) is 1. The van der Waals surface area contributed by atoms with Crippen LogP contribution >= 0.6 is 28.1 Å². The van der Waals surface area contributed by atoms with Crippen LogP contribution in [0.1, 0.15) is 12.5 Å². The molecule has 0 saturated carbocycles. The molecule has 0 aliphatic carbocycles. The number of thiocarbonyl (C=S) groups is 1. The highest BCUT2D eigenvalue weighted by Crippen LogP contribution is 2.24. The van der Waals surface area contributed by atoms with Crippen LogP contribution in [0.2, 0.25) is 0 Å². The van der Waals surface area contributed by atoms with Crippen LogP contribution in [-0.4, -0.2) is 31.8 Å². The van der Waals surface area contributed by atoms with E-state index in [-0.39, 0.29) is 0 Å².